The maximum absolute atomic E-state index is 11.3. The Morgan fingerprint density at radius 1 is 1.10 bits per heavy atom. The molecule has 0 bridgehead atoms. The second-order valence-corrected chi connectivity index (χ2v) is 11.3. The summed E-state index contributed by atoms with van der Waals surface area (Å²) < 4.78 is 75.9. The van der Waals surface area contributed by atoms with Gasteiger partial charge in [-0.2, -0.15) is 0 Å². The predicted octanol–water partition coefficient (Wildman–Crippen LogP) is 3.71. The number of hydrogen-bond donors (Lipinski definition) is 0. The lowest BCUT2D eigenvalue weighted by Gasteiger charge is -2.59. The highest BCUT2D eigenvalue weighted by atomic mass is 32.3. The molecule has 1 aromatic carbocycles. The molecular weight excluding hydrogens is 444 g/mol. The van der Waals surface area contributed by atoms with Gasteiger partial charge in [-0.3, -0.25) is 0 Å². The first-order valence-electron chi connectivity index (χ1n) is 10.3. The predicted molar refractivity (Wildman–Crippen MR) is 112 cm³/mol. The van der Waals surface area contributed by atoms with Crippen LogP contribution in [0.2, 0.25) is 0 Å². The SMILES string of the molecule is C=C1CCC[C@H]2[C@](C)(Cc3cc(OS(=O)(=O)[O-])ccc3OS(=O)(=O)[O-])[C@H](C)CC[C@]12C. The van der Waals surface area contributed by atoms with Gasteiger partial charge in [0.2, 0.25) is 0 Å². The summed E-state index contributed by atoms with van der Waals surface area (Å²) in [6.45, 7) is 10.8. The molecule has 0 aromatic heterocycles. The minimum absolute atomic E-state index is 0.0579. The molecule has 0 amide bonds. The van der Waals surface area contributed by atoms with E-state index in [2.05, 4.69) is 35.7 Å². The lowest BCUT2D eigenvalue weighted by Crippen LogP contribution is -2.51. The maximum Gasteiger partial charge on any atom is 0.262 e. The maximum atomic E-state index is 11.3. The molecule has 3 rings (SSSR count). The summed E-state index contributed by atoms with van der Waals surface area (Å²) in [5.41, 5.74) is 1.15. The summed E-state index contributed by atoms with van der Waals surface area (Å²) in [5.74, 6) is 0.0695. The molecule has 1 aromatic rings. The van der Waals surface area contributed by atoms with E-state index in [1.807, 2.05) is 0 Å². The summed E-state index contributed by atoms with van der Waals surface area (Å²) in [4.78, 5) is 0. The number of hydrogen-bond acceptors (Lipinski definition) is 8. The van der Waals surface area contributed by atoms with Crippen LogP contribution in [0.4, 0.5) is 0 Å². The van der Waals surface area contributed by atoms with Crippen LogP contribution < -0.4 is 8.37 Å². The van der Waals surface area contributed by atoms with Crippen molar-refractivity contribution in [3.8, 4) is 11.5 Å². The Labute approximate surface area is 184 Å². The summed E-state index contributed by atoms with van der Waals surface area (Å²) in [5, 5.41) is 0. The van der Waals surface area contributed by atoms with Crippen molar-refractivity contribution < 1.29 is 34.3 Å². The van der Waals surface area contributed by atoms with Gasteiger partial charge >= 0.3 is 0 Å². The smallest absolute Gasteiger partial charge is 0.262 e. The monoisotopic (exact) mass is 472 g/mol. The Bertz CT molecular complexity index is 1080. The second-order valence-electron chi connectivity index (χ2n) is 9.34. The zero-order valence-corrected chi connectivity index (χ0v) is 19.6. The Hall–Kier alpha value is -1.62. The van der Waals surface area contributed by atoms with E-state index in [4.69, 9.17) is 0 Å². The molecule has 0 heterocycles. The Balaban J connectivity index is 2.07. The quantitative estimate of drug-likeness (QED) is 0.348. The van der Waals surface area contributed by atoms with E-state index in [-0.39, 0.29) is 34.2 Å². The van der Waals surface area contributed by atoms with Crippen LogP contribution in [-0.4, -0.2) is 25.9 Å². The van der Waals surface area contributed by atoms with Gasteiger partial charge in [0.05, 0.1) is 0 Å². The summed E-state index contributed by atoms with van der Waals surface area (Å²) in [6.07, 6.45) is 5.26. The highest BCUT2D eigenvalue weighted by molar-refractivity contribution is 7.81. The van der Waals surface area contributed by atoms with E-state index < -0.39 is 20.8 Å². The molecule has 2 aliphatic carbocycles. The van der Waals surface area contributed by atoms with Crippen molar-refractivity contribution in [3.05, 3.63) is 35.9 Å². The van der Waals surface area contributed by atoms with E-state index in [0.717, 1.165) is 44.2 Å². The highest BCUT2D eigenvalue weighted by Crippen LogP contribution is 2.62. The Kier molecular flexibility index (Phi) is 6.25. The van der Waals surface area contributed by atoms with Crippen LogP contribution in [0.1, 0.15) is 58.4 Å². The molecule has 10 heteroatoms. The molecule has 2 fully saturated rings. The second kappa shape index (κ2) is 8.06. The number of benzene rings is 1. The van der Waals surface area contributed by atoms with Crippen LogP contribution in [0.25, 0.3) is 0 Å². The first kappa shape index (κ1) is 24.0. The lowest BCUT2D eigenvalue weighted by atomic mass is 9.46. The number of allylic oxidation sites excluding steroid dienone is 1. The topological polar surface area (TPSA) is 133 Å². The lowest BCUT2D eigenvalue weighted by molar-refractivity contribution is -0.0490. The fourth-order valence-corrected chi connectivity index (χ4v) is 6.45. The van der Waals surface area contributed by atoms with Gasteiger partial charge in [-0.05, 0) is 79.4 Å². The van der Waals surface area contributed by atoms with Crippen molar-refractivity contribution in [1.29, 1.82) is 0 Å². The van der Waals surface area contributed by atoms with Crippen LogP contribution in [0.5, 0.6) is 11.5 Å². The van der Waals surface area contributed by atoms with E-state index in [9.17, 15) is 25.9 Å². The molecule has 0 saturated heterocycles. The average molecular weight is 473 g/mol. The molecule has 4 atom stereocenters. The van der Waals surface area contributed by atoms with Crippen LogP contribution >= 0.6 is 0 Å². The van der Waals surface area contributed by atoms with Crippen LogP contribution in [0.15, 0.2) is 30.4 Å². The largest absolute Gasteiger partial charge is 0.716 e. The molecule has 0 unspecified atom stereocenters. The fourth-order valence-electron chi connectivity index (χ4n) is 5.73. The molecule has 31 heavy (non-hydrogen) atoms. The number of rotatable bonds is 6. The minimum atomic E-state index is -5.05. The van der Waals surface area contributed by atoms with Gasteiger partial charge in [0, 0.05) is 5.56 Å². The highest BCUT2D eigenvalue weighted by Gasteiger charge is 2.54. The van der Waals surface area contributed by atoms with E-state index >= 15 is 0 Å². The standard InChI is InChI=1S/C21H30O8S2/c1-14-6-5-7-19-20(14,3)11-10-15(2)21(19,4)13-16-12-17(28-30(22,23)24)8-9-18(16)29-31(25,26)27/h8-9,12,15,19H,1,5-7,10-11,13H2,2-4H3,(H,22,23,24)(H,25,26,27)/p-2/t15-,19-,20-,21-/m1/s1. The third-order valence-corrected chi connectivity index (χ3v) is 8.34. The third kappa shape index (κ3) is 5.08. The molecule has 0 radical (unpaired) electrons. The molecule has 2 saturated carbocycles. The van der Waals surface area contributed by atoms with E-state index in [0.29, 0.717) is 12.0 Å². The molecule has 0 spiro atoms. The number of fused-ring (bicyclic) bond motifs is 1. The van der Waals surface area contributed by atoms with Crippen LogP contribution in [0.3, 0.4) is 0 Å². The van der Waals surface area contributed by atoms with E-state index in [1.165, 1.54) is 11.6 Å². The van der Waals surface area contributed by atoms with Gasteiger partial charge in [-0.1, -0.05) is 32.9 Å². The van der Waals surface area contributed by atoms with Gasteiger partial charge in [-0.15, -0.1) is 0 Å². The van der Waals surface area contributed by atoms with Crippen molar-refractivity contribution in [2.24, 2.45) is 22.7 Å². The Morgan fingerprint density at radius 2 is 1.74 bits per heavy atom. The van der Waals surface area contributed by atoms with Crippen molar-refractivity contribution in [2.75, 3.05) is 0 Å². The third-order valence-electron chi connectivity index (χ3n) is 7.56. The fraction of sp³-hybridized carbons (Fsp3) is 0.619. The molecule has 174 valence electrons. The normalized spacial score (nSPS) is 31.7. The Morgan fingerprint density at radius 3 is 2.35 bits per heavy atom. The minimum Gasteiger partial charge on any atom is -0.716 e. The van der Waals surface area contributed by atoms with Gasteiger partial charge in [-0.25, -0.2) is 16.8 Å². The van der Waals surface area contributed by atoms with Crippen molar-refractivity contribution in [3.63, 3.8) is 0 Å². The van der Waals surface area contributed by atoms with Crippen LogP contribution in [0, 0.1) is 22.7 Å². The molecule has 2 aliphatic rings. The van der Waals surface area contributed by atoms with Gasteiger partial charge < -0.3 is 17.5 Å². The zero-order valence-electron chi connectivity index (χ0n) is 17.9. The molecular formula is C21H28O8S2-2. The van der Waals surface area contributed by atoms with Crippen molar-refractivity contribution >= 4 is 20.8 Å². The zero-order chi connectivity index (χ0) is 23.2. The van der Waals surface area contributed by atoms with Gasteiger partial charge in [0.1, 0.15) is 11.5 Å². The first-order chi connectivity index (χ1) is 14.1. The van der Waals surface area contributed by atoms with Crippen molar-refractivity contribution in [2.45, 2.75) is 59.3 Å². The summed E-state index contributed by atoms with van der Waals surface area (Å²) >= 11 is 0. The molecule has 8 nitrogen and oxygen atoms in total. The van der Waals surface area contributed by atoms with Gasteiger partial charge in [0.15, 0.2) is 0 Å². The van der Waals surface area contributed by atoms with E-state index in [1.54, 1.807) is 0 Å². The summed E-state index contributed by atoms with van der Waals surface area (Å²) in [6, 6.07) is 3.48. The van der Waals surface area contributed by atoms with Gasteiger partial charge in [0.25, 0.3) is 20.8 Å². The van der Waals surface area contributed by atoms with Crippen molar-refractivity contribution in [1.82, 2.24) is 0 Å². The summed E-state index contributed by atoms with van der Waals surface area (Å²) in [7, 11) is -10.1. The van der Waals surface area contributed by atoms with Crippen LogP contribution in [-0.2, 0) is 27.2 Å². The first-order valence-corrected chi connectivity index (χ1v) is 12.9. The average Bonchev–Trinajstić information content (AvgIpc) is 2.61. The molecule has 0 N–H and O–H groups in total. The molecule has 0 aliphatic heterocycles.